The highest BCUT2D eigenvalue weighted by Crippen LogP contribution is 2.01. The Balaban J connectivity index is 2.26. The summed E-state index contributed by atoms with van der Waals surface area (Å²) in [5, 5.41) is 14.3. The lowest BCUT2D eigenvalue weighted by molar-refractivity contribution is -0.480. The predicted octanol–water partition coefficient (Wildman–Crippen LogP) is -0.749. The number of hydrogen-bond donors (Lipinski definition) is 2. The minimum absolute atomic E-state index is 0.181. The summed E-state index contributed by atoms with van der Waals surface area (Å²) in [7, 11) is 0. The molecule has 1 saturated heterocycles. The zero-order valence-electron chi connectivity index (χ0n) is 6.78. The maximum Gasteiger partial charge on any atom is 0.322 e. The van der Waals surface area contributed by atoms with Crippen LogP contribution in [-0.2, 0) is 4.79 Å². The normalized spacial score (nSPS) is 21.1. The molecule has 0 aromatic rings. The number of amides is 3. The summed E-state index contributed by atoms with van der Waals surface area (Å²) in [5.41, 5.74) is 0. The van der Waals surface area contributed by atoms with Crippen LogP contribution in [0.1, 0.15) is 12.8 Å². The van der Waals surface area contributed by atoms with Gasteiger partial charge in [0.05, 0.1) is 0 Å². The van der Waals surface area contributed by atoms with Crippen molar-refractivity contribution in [2.45, 2.75) is 18.9 Å². The molecule has 7 heteroatoms. The average Bonchev–Trinajstić information content (AvgIpc) is 2.29. The summed E-state index contributed by atoms with van der Waals surface area (Å²) in [6, 6.07) is -1.14. The third kappa shape index (κ3) is 2.69. The number of urea groups is 1. The molecule has 1 aliphatic rings. The van der Waals surface area contributed by atoms with Gasteiger partial charge in [0.1, 0.15) is 6.04 Å². The molecule has 1 unspecified atom stereocenters. The first-order valence-electron chi connectivity index (χ1n) is 3.83. The molecule has 0 bridgehead atoms. The molecule has 1 rings (SSSR count). The molecule has 0 spiro atoms. The summed E-state index contributed by atoms with van der Waals surface area (Å²) in [5.74, 6) is -0.409. The van der Waals surface area contributed by atoms with Crippen LogP contribution in [0.2, 0.25) is 0 Å². The molecule has 0 saturated carbocycles. The van der Waals surface area contributed by atoms with E-state index in [2.05, 4.69) is 5.32 Å². The van der Waals surface area contributed by atoms with Gasteiger partial charge < -0.3 is 5.32 Å². The number of hydrogen-bond acceptors (Lipinski definition) is 4. The molecule has 1 atom stereocenters. The van der Waals surface area contributed by atoms with Crippen LogP contribution in [0.3, 0.4) is 0 Å². The third-order valence-corrected chi connectivity index (χ3v) is 1.69. The summed E-state index contributed by atoms with van der Waals surface area (Å²) in [4.78, 5) is 31.0. The molecule has 1 heterocycles. The SMILES string of the molecule is O=C1NC(=O)C(CCC[N+](=O)[O-])N1. The molecule has 13 heavy (non-hydrogen) atoms. The van der Waals surface area contributed by atoms with Crippen molar-refractivity contribution in [2.24, 2.45) is 0 Å². The van der Waals surface area contributed by atoms with Crippen LogP contribution < -0.4 is 10.6 Å². The summed E-state index contributed by atoms with van der Waals surface area (Å²) >= 11 is 0. The van der Waals surface area contributed by atoms with E-state index in [0.29, 0.717) is 6.42 Å². The fourth-order valence-corrected chi connectivity index (χ4v) is 1.09. The Labute approximate surface area is 73.6 Å². The average molecular weight is 187 g/mol. The fraction of sp³-hybridized carbons (Fsp3) is 0.667. The first-order valence-corrected chi connectivity index (χ1v) is 3.83. The first-order chi connectivity index (χ1) is 6.09. The number of nitrogens with one attached hydrogen (secondary N) is 2. The maximum absolute atomic E-state index is 10.9. The molecule has 1 aliphatic heterocycles. The quantitative estimate of drug-likeness (QED) is 0.343. The van der Waals surface area contributed by atoms with E-state index in [-0.39, 0.29) is 13.0 Å². The van der Waals surface area contributed by atoms with Gasteiger partial charge in [0.2, 0.25) is 6.54 Å². The first kappa shape index (κ1) is 9.43. The van der Waals surface area contributed by atoms with Crippen molar-refractivity contribution in [3.8, 4) is 0 Å². The predicted molar refractivity (Wildman–Crippen MR) is 41.6 cm³/mol. The van der Waals surface area contributed by atoms with Crippen molar-refractivity contribution in [1.82, 2.24) is 10.6 Å². The number of imide groups is 1. The number of carbonyl (C=O) groups is 2. The molecule has 72 valence electrons. The van der Waals surface area contributed by atoms with Crippen molar-refractivity contribution in [1.29, 1.82) is 0 Å². The molecule has 0 radical (unpaired) electrons. The fourth-order valence-electron chi connectivity index (χ4n) is 1.09. The van der Waals surface area contributed by atoms with E-state index in [1.54, 1.807) is 0 Å². The van der Waals surface area contributed by atoms with Crippen LogP contribution in [-0.4, -0.2) is 29.4 Å². The second-order valence-electron chi connectivity index (χ2n) is 2.71. The van der Waals surface area contributed by atoms with E-state index in [1.807, 2.05) is 5.32 Å². The van der Waals surface area contributed by atoms with Gasteiger partial charge in [-0.3, -0.25) is 20.2 Å². The smallest absolute Gasteiger partial charge is 0.322 e. The van der Waals surface area contributed by atoms with Crippen molar-refractivity contribution < 1.29 is 14.5 Å². The van der Waals surface area contributed by atoms with Crippen LogP contribution in [0.15, 0.2) is 0 Å². The van der Waals surface area contributed by atoms with Crippen molar-refractivity contribution in [2.75, 3.05) is 6.54 Å². The zero-order chi connectivity index (χ0) is 9.84. The van der Waals surface area contributed by atoms with Crippen LogP contribution >= 0.6 is 0 Å². The van der Waals surface area contributed by atoms with Crippen LogP contribution in [0, 0.1) is 10.1 Å². The number of nitro groups is 1. The minimum Gasteiger partial charge on any atom is -0.326 e. The molecule has 3 amide bonds. The van der Waals surface area contributed by atoms with Gasteiger partial charge in [-0.05, 0) is 6.42 Å². The Morgan fingerprint density at radius 2 is 2.15 bits per heavy atom. The number of rotatable bonds is 4. The Bertz CT molecular complexity index is 252. The van der Waals surface area contributed by atoms with E-state index in [1.165, 1.54) is 0 Å². The molecular formula is C6H9N3O4. The highest BCUT2D eigenvalue weighted by Gasteiger charge is 2.28. The largest absolute Gasteiger partial charge is 0.326 e. The highest BCUT2D eigenvalue weighted by atomic mass is 16.6. The van der Waals surface area contributed by atoms with E-state index in [9.17, 15) is 19.7 Å². The third-order valence-electron chi connectivity index (χ3n) is 1.69. The van der Waals surface area contributed by atoms with Gasteiger partial charge in [-0.15, -0.1) is 0 Å². The Kier molecular flexibility index (Phi) is 2.78. The Hall–Kier alpha value is -1.66. The lowest BCUT2D eigenvalue weighted by atomic mass is 10.1. The lowest BCUT2D eigenvalue weighted by Gasteiger charge is -2.03. The van der Waals surface area contributed by atoms with E-state index in [4.69, 9.17) is 0 Å². The Morgan fingerprint density at radius 1 is 1.46 bits per heavy atom. The van der Waals surface area contributed by atoms with Gasteiger partial charge >= 0.3 is 6.03 Å². The van der Waals surface area contributed by atoms with Crippen molar-refractivity contribution >= 4 is 11.9 Å². The molecular weight excluding hydrogens is 178 g/mol. The number of carbonyl (C=O) groups excluding carboxylic acids is 2. The molecule has 2 N–H and O–H groups in total. The van der Waals surface area contributed by atoms with Gasteiger partial charge in [0, 0.05) is 11.3 Å². The summed E-state index contributed by atoms with van der Waals surface area (Å²) in [6.45, 7) is -0.181. The topological polar surface area (TPSA) is 101 Å². The molecule has 0 aliphatic carbocycles. The zero-order valence-corrected chi connectivity index (χ0v) is 6.78. The Morgan fingerprint density at radius 3 is 2.62 bits per heavy atom. The highest BCUT2D eigenvalue weighted by molar-refractivity contribution is 6.04. The standard InChI is InChI=1S/C6H9N3O4/c10-5-4(7-6(11)8-5)2-1-3-9(12)13/h4H,1-3H2,(H2,7,8,10,11). The van der Waals surface area contributed by atoms with E-state index >= 15 is 0 Å². The number of nitrogens with zero attached hydrogens (tertiary/aromatic N) is 1. The van der Waals surface area contributed by atoms with Gasteiger partial charge in [0.15, 0.2) is 0 Å². The van der Waals surface area contributed by atoms with Gasteiger partial charge in [-0.1, -0.05) is 0 Å². The summed E-state index contributed by atoms with van der Waals surface area (Å²) in [6.07, 6.45) is 0.587. The van der Waals surface area contributed by atoms with Crippen LogP contribution in [0.4, 0.5) is 4.79 Å². The summed E-state index contributed by atoms with van der Waals surface area (Å²) < 4.78 is 0. The second kappa shape index (κ2) is 3.83. The van der Waals surface area contributed by atoms with Crippen LogP contribution in [0.5, 0.6) is 0 Å². The van der Waals surface area contributed by atoms with Gasteiger partial charge in [-0.25, -0.2) is 4.79 Å². The maximum atomic E-state index is 10.9. The van der Waals surface area contributed by atoms with E-state index < -0.39 is 22.9 Å². The monoisotopic (exact) mass is 187 g/mol. The van der Waals surface area contributed by atoms with Gasteiger partial charge in [0.25, 0.3) is 5.91 Å². The van der Waals surface area contributed by atoms with Crippen molar-refractivity contribution in [3.05, 3.63) is 10.1 Å². The molecule has 1 fully saturated rings. The minimum atomic E-state index is -0.604. The lowest BCUT2D eigenvalue weighted by Crippen LogP contribution is -2.29. The van der Waals surface area contributed by atoms with E-state index in [0.717, 1.165) is 0 Å². The molecule has 7 nitrogen and oxygen atoms in total. The molecule has 0 aromatic heterocycles. The van der Waals surface area contributed by atoms with Gasteiger partial charge in [-0.2, -0.15) is 0 Å². The molecule has 0 aromatic carbocycles. The van der Waals surface area contributed by atoms with Crippen LogP contribution in [0.25, 0.3) is 0 Å². The van der Waals surface area contributed by atoms with Crippen molar-refractivity contribution in [3.63, 3.8) is 0 Å². The second-order valence-corrected chi connectivity index (χ2v) is 2.71.